The van der Waals surface area contributed by atoms with Crippen LogP contribution < -0.4 is 10.6 Å². The second-order valence-corrected chi connectivity index (χ2v) is 8.67. The van der Waals surface area contributed by atoms with E-state index in [9.17, 15) is 36.3 Å². The third kappa shape index (κ3) is 5.06. The molecule has 0 saturated carbocycles. The number of hydrogen-bond donors (Lipinski definition) is 2. The fourth-order valence-corrected chi connectivity index (χ4v) is 4.43. The molecule has 36 heavy (non-hydrogen) atoms. The minimum absolute atomic E-state index is 0.138. The number of alkyl halides is 3. The maximum absolute atomic E-state index is 13.9. The molecule has 0 atom stereocenters. The monoisotopic (exact) mass is 514 g/mol. The van der Waals surface area contributed by atoms with E-state index in [-0.39, 0.29) is 56.8 Å². The minimum atomic E-state index is -5.21. The maximum atomic E-state index is 13.9. The normalized spacial score (nSPS) is 18.1. The summed E-state index contributed by atoms with van der Waals surface area (Å²) in [6.07, 6.45) is -3.56. The lowest BCUT2D eigenvalue weighted by Gasteiger charge is -2.43. The van der Waals surface area contributed by atoms with Gasteiger partial charge in [-0.15, -0.1) is 0 Å². The maximum Gasteiger partial charge on any atom is 0.419 e. The number of nitrogens with zero attached hydrogens (tertiary/aromatic N) is 2. The highest BCUT2D eigenvalue weighted by molar-refractivity contribution is 5.99. The Balaban J connectivity index is 1.51. The van der Waals surface area contributed by atoms with Crippen molar-refractivity contribution in [3.05, 3.63) is 59.1 Å². The molecule has 13 heteroatoms. The van der Waals surface area contributed by atoms with Crippen molar-refractivity contribution in [2.75, 3.05) is 39.3 Å². The molecule has 3 amide bonds. The summed E-state index contributed by atoms with van der Waals surface area (Å²) in [6, 6.07) is 3.72. The molecule has 1 aromatic carbocycles. The van der Waals surface area contributed by atoms with Crippen molar-refractivity contribution in [1.29, 1.82) is 0 Å². The largest absolute Gasteiger partial charge is 0.459 e. The smallest absolute Gasteiger partial charge is 0.419 e. The van der Waals surface area contributed by atoms with Gasteiger partial charge < -0.3 is 24.9 Å². The van der Waals surface area contributed by atoms with Gasteiger partial charge in [0.1, 0.15) is 5.54 Å². The van der Waals surface area contributed by atoms with Gasteiger partial charge in [-0.05, 0) is 50.2 Å². The Bertz CT molecular complexity index is 1140. The molecule has 2 saturated heterocycles. The molecule has 3 heterocycles. The van der Waals surface area contributed by atoms with Crippen LogP contribution in [0.2, 0.25) is 0 Å². The molecule has 0 bridgehead atoms. The van der Waals surface area contributed by atoms with E-state index in [1.807, 2.05) is 0 Å². The first-order chi connectivity index (χ1) is 17.0. The van der Waals surface area contributed by atoms with Crippen LogP contribution in [0.3, 0.4) is 0 Å². The van der Waals surface area contributed by atoms with Gasteiger partial charge in [-0.2, -0.15) is 13.2 Å². The Morgan fingerprint density at radius 1 is 1.00 bits per heavy atom. The summed E-state index contributed by atoms with van der Waals surface area (Å²) >= 11 is 0. The molecule has 0 unspecified atom stereocenters. The van der Waals surface area contributed by atoms with E-state index in [0.29, 0.717) is 19.2 Å². The molecule has 2 aromatic rings. The van der Waals surface area contributed by atoms with E-state index < -0.39 is 46.3 Å². The standard InChI is InChI=1S/C23H23F5N4O4/c24-16-13-14(12-15(18(16)25)23(26,27)28)19(33)30-22(3-5-29-6-4-22)21(35)32-9-7-31(8-10-32)20(34)17-2-1-11-36-17/h1-2,11-13,29H,3-10H2,(H,30,33). The average molecular weight is 514 g/mol. The first-order valence-electron chi connectivity index (χ1n) is 11.2. The number of carbonyl (C=O) groups is 3. The summed E-state index contributed by atoms with van der Waals surface area (Å²) < 4.78 is 72.0. The molecule has 0 spiro atoms. The van der Waals surface area contributed by atoms with E-state index in [1.54, 1.807) is 6.07 Å². The Labute approximate surface area is 202 Å². The number of hydrogen-bond acceptors (Lipinski definition) is 5. The molecule has 1 aromatic heterocycles. The van der Waals surface area contributed by atoms with Crippen molar-refractivity contribution in [3.8, 4) is 0 Å². The first kappa shape index (κ1) is 25.6. The summed E-state index contributed by atoms with van der Waals surface area (Å²) in [4.78, 5) is 41.9. The zero-order valence-corrected chi connectivity index (χ0v) is 19.0. The van der Waals surface area contributed by atoms with E-state index >= 15 is 0 Å². The molecule has 0 aliphatic carbocycles. The van der Waals surface area contributed by atoms with Crippen molar-refractivity contribution in [2.24, 2.45) is 0 Å². The van der Waals surface area contributed by atoms with Gasteiger partial charge >= 0.3 is 6.18 Å². The van der Waals surface area contributed by atoms with Gasteiger partial charge in [-0.25, -0.2) is 8.78 Å². The fraction of sp³-hybridized carbons (Fsp3) is 0.435. The van der Waals surface area contributed by atoms with Gasteiger partial charge in [-0.1, -0.05) is 0 Å². The number of nitrogens with one attached hydrogen (secondary N) is 2. The number of piperazine rings is 1. The van der Waals surface area contributed by atoms with Crippen molar-refractivity contribution in [2.45, 2.75) is 24.6 Å². The highest BCUT2D eigenvalue weighted by atomic mass is 19.4. The number of amides is 3. The van der Waals surface area contributed by atoms with Crippen LogP contribution in [-0.2, 0) is 11.0 Å². The van der Waals surface area contributed by atoms with Gasteiger partial charge in [0.2, 0.25) is 5.91 Å². The van der Waals surface area contributed by atoms with Crippen LogP contribution in [0.5, 0.6) is 0 Å². The lowest BCUT2D eigenvalue weighted by Crippen LogP contribution is -2.65. The Morgan fingerprint density at radius 2 is 1.64 bits per heavy atom. The third-order valence-corrected chi connectivity index (χ3v) is 6.40. The van der Waals surface area contributed by atoms with Crippen LogP contribution in [-0.4, -0.2) is 72.3 Å². The Kier molecular flexibility index (Phi) is 7.03. The van der Waals surface area contributed by atoms with Crippen LogP contribution in [0.1, 0.15) is 39.3 Å². The molecule has 2 fully saturated rings. The van der Waals surface area contributed by atoms with E-state index in [0.717, 1.165) is 0 Å². The SMILES string of the molecule is O=C(NC1(C(=O)N2CCN(C(=O)c3ccco3)CC2)CCNCC1)c1cc(F)c(F)c(C(F)(F)F)c1. The summed E-state index contributed by atoms with van der Waals surface area (Å²) in [5.74, 6) is -5.66. The van der Waals surface area contributed by atoms with Gasteiger partial charge in [-0.3, -0.25) is 14.4 Å². The minimum Gasteiger partial charge on any atom is -0.459 e. The van der Waals surface area contributed by atoms with Crippen molar-refractivity contribution in [1.82, 2.24) is 20.4 Å². The zero-order valence-electron chi connectivity index (χ0n) is 19.0. The number of furan rings is 1. The quantitative estimate of drug-likeness (QED) is 0.612. The lowest BCUT2D eigenvalue weighted by atomic mass is 9.86. The molecule has 2 N–H and O–H groups in total. The third-order valence-electron chi connectivity index (χ3n) is 6.40. The topological polar surface area (TPSA) is 94.9 Å². The molecule has 2 aliphatic rings. The van der Waals surface area contributed by atoms with Crippen LogP contribution in [0.15, 0.2) is 34.9 Å². The highest BCUT2D eigenvalue weighted by Gasteiger charge is 2.45. The summed E-state index contributed by atoms with van der Waals surface area (Å²) in [5, 5.41) is 5.56. The number of halogens is 5. The number of carbonyl (C=O) groups excluding carboxylic acids is 3. The Morgan fingerprint density at radius 3 is 2.22 bits per heavy atom. The predicted octanol–water partition coefficient (Wildman–Crippen LogP) is 2.41. The van der Waals surface area contributed by atoms with Crippen LogP contribution in [0.4, 0.5) is 22.0 Å². The summed E-state index contributed by atoms with van der Waals surface area (Å²) in [7, 11) is 0. The average Bonchev–Trinajstić information content (AvgIpc) is 3.39. The van der Waals surface area contributed by atoms with Crippen molar-refractivity contribution >= 4 is 17.7 Å². The molecule has 194 valence electrons. The number of rotatable bonds is 4. The van der Waals surface area contributed by atoms with Crippen LogP contribution in [0.25, 0.3) is 0 Å². The fourth-order valence-electron chi connectivity index (χ4n) is 4.43. The number of piperidine rings is 1. The van der Waals surface area contributed by atoms with Gasteiger partial charge in [0.05, 0.1) is 11.8 Å². The summed E-state index contributed by atoms with van der Waals surface area (Å²) in [6.45, 7) is 1.44. The summed E-state index contributed by atoms with van der Waals surface area (Å²) in [5.41, 5.74) is -4.12. The van der Waals surface area contributed by atoms with Crippen molar-refractivity contribution in [3.63, 3.8) is 0 Å². The van der Waals surface area contributed by atoms with E-state index in [1.165, 1.54) is 22.1 Å². The van der Waals surface area contributed by atoms with E-state index in [2.05, 4.69) is 10.6 Å². The van der Waals surface area contributed by atoms with Crippen LogP contribution in [0, 0.1) is 11.6 Å². The zero-order chi connectivity index (χ0) is 26.1. The number of benzene rings is 1. The Hall–Kier alpha value is -3.48. The van der Waals surface area contributed by atoms with Crippen molar-refractivity contribution < 1.29 is 40.8 Å². The first-order valence-corrected chi connectivity index (χ1v) is 11.2. The second kappa shape index (κ2) is 9.88. The predicted molar refractivity (Wildman–Crippen MR) is 115 cm³/mol. The van der Waals surface area contributed by atoms with Gasteiger partial charge in [0.15, 0.2) is 17.4 Å². The molecule has 4 rings (SSSR count). The highest BCUT2D eigenvalue weighted by Crippen LogP contribution is 2.33. The van der Waals surface area contributed by atoms with Gasteiger partial charge in [0.25, 0.3) is 11.8 Å². The second-order valence-electron chi connectivity index (χ2n) is 8.67. The lowest BCUT2D eigenvalue weighted by molar-refractivity contribution is -0.141. The molecule has 8 nitrogen and oxygen atoms in total. The molecular formula is C23H23F5N4O4. The molecular weight excluding hydrogens is 491 g/mol. The van der Waals surface area contributed by atoms with E-state index in [4.69, 9.17) is 4.42 Å². The van der Waals surface area contributed by atoms with Crippen LogP contribution >= 0.6 is 0 Å². The van der Waals surface area contributed by atoms with Gasteiger partial charge in [0, 0.05) is 31.7 Å². The molecule has 2 aliphatic heterocycles. The molecule has 0 radical (unpaired) electrons.